The van der Waals surface area contributed by atoms with Gasteiger partial charge in [0.1, 0.15) is 11.3 Å². The Labute approximate surface area is 161 Å². The van der Waals surface area contributed by atoms with Gasteiger partial charge in [-0.25, -0.2) is 4.79 Å². The Balaban J connectivity index is 1.65. The van der Waals surface area contributed by atoms with Crippen molar-refractivity contribution in [1.29, 1.82) is 0 Å². The first-order valence-corrected chi connectivity index (χ1v) is 9.52. The van der Waals surface area contributed by atoms with E-state index in [1.807, 2.05) is 28.5 Å². The normalized spacial score (nSPS) is 19.6. The number of urea groups is 1. The van der Waals surface area contributed by atoms with E-state index < -0.39 is 23.4 Å². The fourth-order valence-electron chi connectivity index (χ4n) is 2.80. The minimum absolute atomic E-state index is 0.0124. The van der Waals surface area contributed by atoms with E-state index in [2.05, 4.69) is 10.7 Å². The van der Waals surface area contributed by atoms with Crippen molar-refractivity contribution in [3.63, 3.8) is 0 Å². The maximum atomic E-state index is 12.5. The van der Waals surface area contributed by atoms with Crippen LogP contribution in [0.4, 0.5) is 4.79 Å². The monoisotopic (exact) mass is 390 g/mol. The van der Waals surface area contributed by atoms with Gasteiger partial charge in [-0.15, -0.1) is 11.3 Å². The van der Waals surface area contributed by atoms with Crippen LogP contribution in [0.2, 0.25) is 0 Å². The van der Waals surface area contributed by atoms with Gasteiger partial charge in [0.15, 0.2) is 0 Å². The summed E-state index contributed by atoms with van der Waals surface area (Å²) in [4.78, 5) is 39.9. The van der Waals surface area contributed by atoms with Gasteiger partial charge in [-0.3, -0.25) is 19.9 Å². The van der Waals surface area contributed by atoms with Gasteiger partial charge < -0.3 is 9.73 Å². The Kier molecular flexibility index (Phi) is 5.62. The van der Waals surface area contributed by atoms with E-state index in [-0.39, 0.29) is 6.54 Å². The third-order valence-corrected chi connectivity index (χ3v) is 5.35. The van der Waals surface area contributed by atoms with Crippen molar-refractivity contribution in [2.24, 2.45) is 0 Å². The SMILES string of the molecule is CC[C@@]1(C)NC(=O)N(NC(=O)CN(Cc2ccco2)Cc2cccs2)C1=O. The summed E-state index contributed by atoms with van der Waals surface area (Å²) >= 11 is 1.59. The summed E-state index contributed by atoms with van der Waals surface area (Å²) < 4.78 is 5.38. The highest BCUT2D eigenvalue weighted by Gasteiger charge is 2.47. The molecule has 3 rings (SSSR count). The lowest BCUT2D eigenvalue weighted by Crippen LogP contribution is -2.51. The van der Waals surface area contributed by atoms with Crippen LogP contribution in [0.1, 0.15) is 30.9 Å². The summed E-state index contributed by atoms with van der Waals surface area (Å²) in [5.41, 5.74) is 1.43. The molecule has 27 heavy (non-hydrogen) atoms. The van der Waals surface area contributed by atoms with Crippen LogP contribution >= 0.6 is 11.3 Å². The molecule has 0 aliphatic carbocycles. The smallest absolute Gasteiger partial charge is 0.344 e. The van der Waals surface area contributed by atoms with Crippen molar-refractivity contribution >= 4 is 29.2 Å². The average Bonchev–Trinajstić information content (AvgIpc) is 3.35. The average molecular weight is 390 g/mol. The van der Waals surface area contributed by atoms with Crippen LogP contribution in [-0.2, 0) is 22.7 Å². The largest absolute Gasteiger partial charge is 0.468 e. The zero-order chi connectivity index (χ0) is 19.4. The number of nitrogens with zero attached hydrogens (tertiary/aromatic N) is 2. The number of imide groups is 1. The van der Waals surface area contributed by atoms with E-state index in [9.17, 15) is 14.4 Å². The number of nitrogens with one attached hydrogen (secondary N) is 2. The minimum atomic E-state index is -0.991. The lowest BCUT2D eigenvalue weighted by atomic mass is 10.00. The van der Waals surface area contributed by atoms with Crippen LogP contribution in [0.3, 0.4) is 0 Å². The lowest BCUT2D eigenvalue weighted by Gasteiger charge is -2.22. The van der Waals surface area contributed by atoms with E-state index in [0.717, 1.165) is 15.6 Å². The van der Waals surface area contributed by atoms with E-state index >= 15 is 0 Å². The highest BCUT2D eigenvalue weighted by atomic mass is 32.1. The first-order valence-electron chi connectivity index (χ1n) is 8.64. The zero-order valence-electron chi connectivity index (χ0n) is 15.2. The van der Waals surface area contributed by atoms with Crippen molar-refractivity contribution in [1.82, 2.24) is 20.7 Å². The first kappa shape index (κ1) is 19.1. The number of carbonyl (C=O) groups is 3. The van der Waals surface area contributed by atoms with Crippen molar-refractivity contribution in [2.75, 3.05) is 6.54 Å². The Hall–Kier alpha value is -2.65. The van der Waals surface area contributed by atoms with Crippen LogP contribution in [0, 0.1) is 0 Å². The van der Waals surface area contributed by atoms with Gasteiger partial charge >= 0.3 is 6.03 Å². The summed E-state index contributed by atoms with van der Waals surface area (Å²) in [5, 5.41) is 5.34. The predicted octanol–water partition coefficient (Wildman–Crippen LogP) is 2.09. The predicted molar refractivity (Wildman–Crippen MR) is 99.4 cm³/mol. The Morgan fingerprint density at radius 1 is 1.33 bits per heavy atom. The number of amides is 4. The summed E-state index contributed by atoms with van der Waals surface area (Å²) in [6.07, 6.45) is 2.02. The molecule has 0 aromatic carbocycles. The zero-order valence-corrected chi connectivity index (χ0v) is 16.0. The number of thiophene rings is 1. The van der Waals surface area contributed by atoms with Gasteiger partial charge in [0.25, 0.3) is 11.8 Å². The molecule has 1 atom stereocenters. The maximum Gasteiger partial charge on any atom is 0.344 e. The molecule has 1 saturated heterocycles. The molecule has 3 heterocycles. The lowest BCUT2D eigenvalue weighted by molar-refractivity contribution is -0.139. The molecule has 1 fully saturated rings. The second kappa shape index (κ2) is 7.93. The molecular formula is C18H22N4O4S. The molecule has 1 aliphatic rings. The van der Waals surface area contributed by atoms with Crippen LogP contribution in [0.15, 0.2) is 40.3 Å². The molecule has 4 amide bonds. The number of hydrogen-bond acceptors (Lipinski definition) is 6. The Morgan fingerprint density at radius 3 is 2.74 bits per heavy atom. The van der Waals surface area contributed by atoms with Gasteiger partial charge in [0.05, 0.1) is 19.4 Å². The minimum Gasteiger partial charge on any atom is -0.468 e. The summed E-state index contributed by atoms with van der Waals surface area (Å²) in [6.45, 7) is 4.44. The Morgan fingerprint density at radius 2 is 2.15 bits per heavy atom. The molecule has 9 heteroatoms. The fraction of sp³-hybridized carbons (Fsp3) is 0.389. The second-order valence-electron chi connectivity index (χ2n) is 6.60. The summed E-state index contributed by atoms with van der Waals surface area (Å²) in [5.74, 6) is -0.172. The molecule has 0 bridgehead atoms. The molecule has 2 aromatic rings. The molecule has 0 unspecified atom stereocenters. The van der Waals surface area contributed by atoms with E-state index in [1.54, 1.807) is 37.5 Å². The molecule has 0 radical (unpaired) electrons. The van der Waals surface area contributed by atoms with Gasteiger partial charge in [0.2, 0.25) is 0 Å². The summed E-state index contributed by atoms with van der Waals surface area (Å²) in [7, 11) is 0. The van der Waals surface area contributed by atoms with Crippen LogP contribution in [0.5, 0.6) is 0 Å². The molecule has 0 saturated carbocycles. The number of hydrazine groups is 1. The highest BCUT2D eigenvalue weighted by Crippen LogP contribution is 2.19. The fourth-order valence-corrected chi connectivity index (χ4v) is 3.55. The van der Waals surface area contributed by atoms with Crippen molar-refractivity contribution in [2.45, 2.75) is 38.9 Å². The number of rotatable bonds is 8. The topological polar surface area (TPSA) is 94.9 Å². The highest BCUT2D eigenvalue weighted by molar-refractivity contribution is 7.09. The van der Waals surface area contributed by atoms with E-state index in [0.29, 0.717) is 19.5 Å². The van der Waals surface area contributed by atoms with Gasteiger partial charge in [-0.2, -0.15) is 5.01 Å². The van der Waals surface area contributed by atoms with Crippen molar-refractivity contribution in [3.8, 4) is 0 Å². The van der Waals surface area contributed by atoms with Crippen LogP contribution < -0.4 is 10.7 Å². The first-order chi connectivity index (χ1) is 12.9. The van der Waals surface area contributed by atoms with E-state index in [1.165, 1.54) is 0 Å². The number of hydrogen-bond donors (Lipinski definition) is 2. The summed E-state index contributed by atoms with van der Waals surface area (Å²) in [6, 6.07) is 6.95. The van der Waals surface area contributed by atoms with Gasteiger partial charge in [0, 0.05) is 11.4 Å². The Bertz CT molecular complexity index is 769. The van der Waals surface area contributed by atoms with E-state index in [4.69, 9.17) is 4.42 Å². The van der Waals surface area contributed by atoms with Gasteiger partial charge in [-0.1, -0.05) is 13.0 Å². The molecule has 1 aliphatic heterocycles. The van der Waals surface area contributed by atoms with Crippen LogP contribution in [0.25, 0.3) is 0 Å². The molecule has 0 spiro atoms. The standard InChI is InChI=1S/C18H22N4O4S/c1-3-18(2)16(24)22(17(25)19-18)20-15(23)12-21(10-13-6-4-8-26-13)11-14-7-5-9-27-14/h4-9H,3,10-12H2,1-2H3,(H,19,25)(H,20,23)/t18-/m1/s1. The quantitative estimate of drug-likeness (QED) is 0.673. The number of furan rings is 1. The molecule has 8 nitrogen and oxygen atoms in total. The maximum absolute atomic E-state index is 12.5. The second-order valence-corrected chi connectivity index (χ2v) is 7.63. The van der Waals surface area contributed by atoms with Crippen molar-refractivity contribution in [3.05, 3.63) is 46.5 Å². The molecular weight excluding hydrogens is 368 g/mol. The molecule has 2 N–H and O–H groups in total. The van der Waals surface area contributed by atoms with Crippen LogP contribution in [-0.4, -0.2) is 39.8 Å². The van der Waals surface area contributed by atoms with Gasteiger partial charge in [-0.05, 0) is 36.9 Å². The molecule has 144 valence electrons. The molecule has 2 aromatic heterocycles. The number of carbonyl (C=O) groups excluding carboxylic acids is 3. The third-order valence-electron chi connectivity index (χ3n) is 4.49. The third kappa shape index (κ3) is 4.37. The van der Waals surface area contributed by atoms with Crippen molar-refractivity contribution < 1.29 is 18.8 Å².